The number of carbonyl (C=O) groups is 1. The lowest BCUT2D eigenvalue weighted by Crippen LogP contribution is -2.27. The predicted molar refractivity (Wildman–Crippen MR) is 90.6 cm³/mol. The summed E-state index contributed by atoms with van der Waals surface area (Å²) in [5.41, 5.74) is 2.05. The minimum absolute atomic E-state index is 0.000741. The molecule has 0 bridgehead atoms. The van der Waals surface area contributed by atoms with Gasteiger partial charge in [-0.1, -0.05) is 6.07 Å². The monoisotopic (exact) mass is 329 g/mol. The smallest absolute Gasteiger partial charge is 0.247 e. The average Bonchev–Trinajstić information content (AvgIpc) is 3.27. The molecule has 3 heterocycles. The van der Waals surface area contributed by atoms with Gasteiger partial charge < -0.3 is 9.32 Å². The summed E-state index contributed by atoms with van der Waals surface area (Å²) in [7, 11) is 0. The Bertz CT molecular complexity index is 677. The topological polar surface area (TPSA) is 33.5 Å². The molecule has 0 aliphatic carbocycles. The Hall–Kier alpha value is -2.11. The highest BCUT2D eigenvalue weighted by Crippen LogP contribution is 2.16. The second-order valence-corrected chi connectivity index (χ2v) is 6.61. The SMILES string of the molecule is O=C(/C=C/c1ccsc1)N(Cc1ccoc1)Cc1cccs1. The lowest BCUT2D eigenvalue weighted by molar-refractivity contribution is -0.127. The number of hydrogen-bond donors (Lipinski definition) is 0. The first kappa shape index (κ1) is 14.8. The standard InChI is InChI=1S/C17H15NO2S2/c19-17(4-3-14-6-9-21-13-14)18(10-15-5-7-20-12-15)11-16-2-1-8-22-16/h1-9,12-13H,10-11H2/b4-3+. The van der Waals surface area contributed by atoms with Crippen molar-refractivity contribution in [1.29, 1.82) is 0 Å². The van der Waals surface area contributed by atoms with Crippen LogP contribution in [-0.2, 0) is 17.9 Å². The van der Waals surface area contributed by atoms with Gasteiger partial charge in [0.2, 0.25) is 5.91 Å². The van der Waals surface area contributed by atoms with E-state index in [1.165, 1.54) is 4.88 Å². The molecule has 0 aliphatic heterocycles. The first-order valence-electron chi connectivity index (χ1n) is 6.84. The van der Waals surface area contributed by atoms with Crippen molar-refractivity contribution in [2.24, 2.45) is 0 Å². The van der Waals surface area contributed by atoms with E-state index in [4.69, 9.17) is 4.42 Å². The lowest BCUT2D eigenvalue weighted by Gasteiger charge is -2.19. The lowest BCUT2D eigenvalue weighted by atomic mass is 10.2. The van der Waals surface area contributed by atoms with Crippen LogP contribution in [0.4, 0.5) is 0 Å². The Morgan fingerprint density at radius 1 is 1.23 bits per heavy atom. The van der Waals surface area contributed by atoms with Crippen molar-refractivity contribution < 1.29 is 9.21 Å². The third kappa shape index (κ3) is 3.96. The van der Waals surface area contributed by atoms with Crippen LogP contribution in [0.1, 0.15) is 16.0 Å². The number of amides is 1. The van der Waals surface area contributed by atoms with Crippen molar-refractivity contribution >= 4 is 34.7 Å². The zero-order valence-electron chi connectivity index (χ0n) is 11.8. The fraction of sp³-hybridized carbons (Fsp3) is 0.118. The molecule has 3 aromatic rings. The highest BCUT2D eigenvalue weighted by molar-refractivity contribution is 7.09. The van der Waals surface area contributed by atoms with Gasteiger partial charge in [-0.2, -0.15) is 11.3 Å². The molecule has 1 amide bonds. The molecule has 0 saturated carbocycles. The molecule has 0 atom stereocenters. The van der Waals surface area contributed by atoms with Gasteiger partial charge in [-0.15, -0.1) is 11.3 Å². The maximum absolute atomic E-state index is 12.5. The molecule has 3 rings (SSSR count). The Morgan fingerprint density at radius 3 is 2.86 bits per heavy atom. The second-order valence-electron chi connectivity index (χ2n) is 4.80. The number of thiophene rings is 2. The molecule has 0 aromatic carbocycles. The fourth-order valence-corrected chi connectivity index (χ4v) is 3.40. The van der Waals surface area contributed by atoms with Crippen molar-refractivity contribution in [3.8, 4) is 0 Å². The van der Waals surface area contributed by atoms with Crippen LogP contribution in [0.5, 0.6) is 0 Å². The minimum atomic E-state index is 0.000741. The molecular formula is C17H15NO2S2. The van der Waals surface area contributed by atoms with Crippen molar-refractivity contribution in [1.82, 2.24) is 4.90 Å². The molecule has 5 heteroatoms. The normalized spacial score (nSPS) is 11.1. The largest absolute Gasteiger partial charge is 0.472 e. The molecule has 3 nitrogen and oxygen atoms in total. The molecule has 0 aliphatic rings. The van der Waals surface area contributed by atoms with Crippen molar-refractivity contribution in [2.45, 2.75) is 13.1 Å². The summed E-state index contributed by atoms with van der Waals surface area (Å²) in [6.07, 6.45) is 6.80. The van der Waals surface area contributed by atoms with Crippen LogP contribution < -0.4 is 0 Å². The molecule has 0 unspecified atom stereocenters. The number of hydrogen-bond acceptors (Lipinski definition) is 4. The number of rotatable bonds is 6. The Kier molecular flexibility index (Phi) is 4.88. The van der Waals surface area contributed by atoms with Crippen LogP contribution >= 0.6 is 22.7 Å². The van der Waals surface area contributed by atoms with Gasteiger partial charge in [0.05, 0.1) is 19.1 Å². The zero-order valence-corrected chi connectivity index (χ0v) is 13.5. The van der Waals surface area contributed by atoms with E-state index in [0.29, 0.717) is 13.1 Å². The summed E-state index contributed by atoms with van der Waals surface area (Å²) in [4.78, 5) is 15.5. The van der Waals surface area contributed by atoms with Gasteiger partial charge >= 0.3 is 0 Å². The summed E-state index contributed by atoms with van der Waals surface area (Å²) in [6.45, 7) is 1.15. The van der Waals surface area contributed by atoms with Gasteiger partial charge in [-0.3, -0.25) is 4.79 Å². The molecular weight excluding hydrogens is 314 g/mol. The zero-order chi connectivity index (χ0) is 15.2. The number of carbonyl (C=O) groups excluding carboxylic acids is 1. The quantitative estimate of drug-likeness (QED) is 0.617. The second kappa shape index (κ2) is 7.24. The van der Waals surface area contributed by atoms with Crippen LogP contribution in [0.2, 0.25) is 0 Å². The molecule has 3 aromatic heterocycles. The molecule has 0 fully saturated rings. The van der Waals surface area contributed by atoms with Crippen molar-refractivity contribution in [3.63, 3.8) is 0 Å². The van der Waals surface area contributed by atoms with E-state index in [9.17, 15) is 4.79 Å². The van der Waals surface area contributed by atoms with E-state index in [1.807, 2.05) is 51.4 Å². The van der Waals surface area contributed by atoms with Crippen LogP contribution in [0, 0.1) is 0 Å². The van der Waals surface area contributed by atoms with Gasteiger partial charge in [0.25, 0.3) is 0 Å². The minimum Gasteiger partial charge on any atom is -0.472 e. The average molecular weight is 329 g/mol. The molecule has 22 heavy (non-hydrogen) atoms. The molecule has 112 valence electrons. The van der Waals surface area contributed by atoms with E-state index in [-0.39, 0.29) is 5.91 Å². The van der Waals surface area contributed by atoms with E-state index in [1.54, 1.807) is 41.3 Å². The highest BCUT2D eigenvalue weighted by atomic mass is 32.1. The molecule has 0 N–H and O–H groups in total. The van der Waals surface area contributed by atoms with Gasteiger partial charge in [0.15, 0.2) is 0 Å². The first-order valence-corrected chi connectivity index (χ1v) is 8.66. The van der Waals surface area contributed by atoms with E-state index in [2.05, 4.69) is 0 Å². The van der Waals surface area contributed by atoms with E-state index in [0.717, 1.165) is 11.1 Å². The Balaban J connectivity index is 1.73. The maximum atomic E-state index is 12.5. The Labute approximate surface area is 137 Å². The third-order valence-electron chi connectivity index (χ3n) is 3.15. The van der Waals surface area contributed by atoms with Crippen LogP contribution in [0.3, 0.4) is 0 Å². The summed E-state index contributed by atoms with van der Waals surface area (Å²) in [6, 6.07) is 7.93. The molecule has 0 radical (unpaired) electrons. The Morgan fingerprint density at radius 2 is 2.18 bits per heavy atom. The highest BCUT2D eigenvalue weighted by Gasteiger charge is 2.13. The maximum Gasteiger partial charge on any atom is 0.247 e. The van der Waals surface area contributed by atoms with Crippen molar-refractivity contribution in [2.75, 3.05) is 0 Å². The number of furan rings is 1. The summed E-state index contributed by atoms with van der Waals surface area (Å²) >= 11 is 3.28. The first-order chi connectivity index (χ1) is 10.8. The van der Waals surface area contributed by atoms with Gasteiger partial charge in [0, 0.05) is 23.1 Å². The van der Waals surface area contributed by atoms with E-state index < -0.39 is 0 Å². The van der Waals surface area contributed by atoms with Crippen molar-refractivity contribution in [3.05, 3.63) is 75.0 Å². The number of nitrogens with zero attached hydrogens (tertiary/aromatic N) is 1. The van der Waals surface area contributed by atoms with Crippen LogP contribution in [0.15, 0.2) is 63.4 Å². The van der Waals surface area contributed by atoms with Gasteiger partial charge in [0.1, 0.15) is 0 Å². The van der Waals surface area contributed by atoms with Crippen LogP contribution in [-0.4, -0.2) is 10.8 Å². The summed E-state index contributed by atoms with van der Waals surface area (Å²) < 4.78 is 5.10. The van der Waals surface area contributed by atoms with Gasteiger partial charge in [-0.05, 0) is 46.0 Å². The van der Waals surface area contributed by atoms with Gasteiger partial charge in [-0.25, -0.2) is 0 Å². The summed E-state index contributed by atoms with van der Waals surface area (Å²) in [5, 5.41) is 6.04. The predicted octanol–water partition coefficient (Wildman–Crippen LogP) is 4.64. The molecule has 0 spiro atoms. The van der Waals surface area contributed by atoms with Crippen LogP contribution in [0.25, 0.3) is 6.08 Å². The molecule has 0 saturated heterocycles. The summed E-state index contributed by atoms with van der Waals surface area (Å²) in [5.74, 6) is 0.000741. The fourth-order valence-electron chi connectivity index (χ4n) is 2.05. The van der Waals surface area contributed by atoms with E-state index >= 15 is 0 Å². The third-order valence-corrected chi connectivity index (χ3v) is 4.72.